The zero-order valence-corrected chi connectivity index (χ0v) is 16.2. The van der Waals surface area contributed by atoms with Crippen LogP contribution < -0.4 is 20.5 Å². The summed E-state index contributed by atoms with van der Waals surface area (Å²) in [6, 6.07) is 13.5. The predicted molar refractivity (Wildman–Crippen MR) is 111 cm³/mol. The van der Waals surface area contributed by atoms with Crippen molar-refractivity contribution in [2.24, 2.45) is 0 Å². The van der Waals surface area contributed by atoms with E-state index in [1.54, 1.807) is 19.5 Å². The number of H-pyrrole nitrogens is 1. The van der Waals surface area contributed by atoms with Gasteiger partial charge in [-0.3, -0.25) is 9.78 Å². The first-order valence-electron chi connectivity index (χ1n) is 9.23. The number of nitrogens with zero attached hydrogens (tertiary/aromatic N) is 3. The van der Waals surface area contributed by atoms with Gasteiger partial charge in [-0.2, -0.15) is 0 Å². The van der Waals surface area contributed by atoms with Gasteiger partial charge in [0.15, 0.2) is 0 Å². The van der Waals surface area contributed by atoms with Crippen molar-refractivity contribution in [1.82, 2.24) is 15.0 Å². The monoisotopic (exact) mass is 379 g/mol. The van der Waals surface area contributed by atoms with E-state index >= 15 is 0 Å². The van der Waals surface area contributed by atoms with Crippen LogP contribution in [-0.2, 0) is 6.42 Å². The number of nitrogens with one attached hydrogen (secondary N) is 2. The van der Waals surface area contributed by atoms with Crippen LogP contribution >= 0.6 is 0 Å². The van der Waals surface area contributed by atoms with Crippen LogP contribution in [0.1, 0.15) is 17.5 Å². The van der Waals surface area contributed by atoms with Crippen LogP contribution in [0.3, 0.4) is 0 Å². The average molecular weight is 379 g/mol. The van der Waals surface area contributed by atoms with Crippen LogP contribution in [0.2, 0.25) is 0 Å². The SMILES string of the molecule is COc1ccc(Cc2cnc(NCCCN(C)c3ccccn3)[nH]c2=O)cc1. The fourth-order valence-corrected chi connectivity index (χ4v) is 2.82. The summed E-state index contributed by atoms with van der Waals surface area (Å²) in [4.78, 5) is 25.9. The van der Waals surface area contributed by atoms with Crippen molar-refractivity contribution in [3.8, 4) is 5.75 Å². The van der Waals surface area contributed by atoms with Gasteiger partial charge in [-0.1, -0.05) is 18.2 Å². The van der Waals surface area contributed by atoms with Crippen LogP contribution in [-0.4, -0.2) is 42.2 Å². The molecule has 0 bridgehead atoms. The molecule has 146 valence electrons. The number of methoxy groups -OCH3 is 1. The van der Waals surface area contributed by atoms with Gasteiger partial charge in [0.05, 0.1) is 7.11 Å². The number of rotatable bonds is 9. The molecule has 0 saturated carbocycles. The van der Waals surface area contributed by atoms with Crippen molar-refractivity contribution in [2.75, 3.05) is 37.5 Å². The van der Waals surface area contributed by atoms with E-state index in [0.717, 1.165) is 30.1 Å². The molecular formula is C21H25N5O2. The van der Waals surface area contributed by atoms with Crippen molar-refractivity contribution in [3.63, 3.8) is 0 Å². The molecule has 0 atom stereocenters. The maximum absolute atomic E-state index is 12.3. The second-order valence-corrected chi connectivity index (χ2v) is 6.50. The Bertz CT molecular complexity index is 926. The van der Waals surface area contributed by atoms with Crippen molar-refractivity contribution in [3.05, 3.63) is 76.3 Å². The fraction of sp³-hybridized carbons (Fsp3) is 0.286. The molecule has 2 N–H and O–H groups in total. The Kier molecular flexibility index (Phi) is 6.62. The lowest BCUT2D eigenvalue weighted by Crippen LogP contribution is -2.23. The molecule has 3 rings (SSSR count). The van der Waals surface area contributed by atoms with Gasteiger partial charge in [-0.25, -0.2) is 9.97 Å². The number of pyridine rings is 1. The predicted octanol–water partition coefficient (Wildman–Crippen LogP) is 2.70. The Hall–Kier alpha value is -3.35. The van der Waals surface area contributed by atoms with E-state index in [1.165, 1.54) is 0 Å². The average Bonchev–Trinajstić information content (AvgIpc) is 2.74. The summed E-state index contributed by atoms with van der Waals surface area (Å²) in [6.07, 6.45) is 4.84. The molecule has 0 aliphatic heterocycles. The van der Waals surface area contributed by atoms with Gasteiger partial charge in [-0.05, 0) is 36.2 Å². The Morgan fingerprint density at radius 1 is 1.14 bits per heavy atom. The second kappa shape index (κ2) is 9.55. The molecule has 0 aliphatic rings. The topological polar surface area (TPSA) is 83.1 Å². The van der Waals surface area contributed by atoms with Crippen LogP contribution in [0.25, 0.3) is 0 Å². The molecule has 0 amide bonds. The quantitative estimate of drug-likeness (QED) is 0.556. The number of aromatic nitrogens is 3. The van der Waals surface area contributed by atoms with Crippen molar-refractivity contribution in [1.29, 1.82) is 0 Å². The summed E-state index contributed by atoms with van der Waals surface area (Å²) in [5.74, 6) is 2.23. The lowest BCUT2D eigenvalue weighted by Gasteiger charge is -2.17. The summed E-state index contributed by atoms with van der Waals surface area (Å²) >= 11 is 0. The minimum Gasteiger partial charge on any atom is -0.497 e. The zero-order chi connectivity index (χ0) is 19.8. The molecule has 0 radical (unpaired) electrons. The molecule has 0 unspecified atom stereocenters. The molecule has 2 aromatic heterocycles. The van der Waals surface area contributed by atoms with E-state index in [4.69, 9.17) is 4.74 Å². The van der Waals surface area contributed by atoms with E-state index in [2.05, 4.69) is 25.2 Å². The molecule has 7 heteroatoms. The highest BCUT2D eigenvalue weighted by Crippen LogP contribution is 2.13. The molecule has 3 aromatic rings. The summed E-state index contributed by atoms with van der Waals surface area (Å²) in [6.45, 7) is 1.56. The van der Waals surface area contributed by atoms with E-state index < -0.39 is 0 Å². The van der Waals surface area contributed by atoms with Gasteiger partial charge in [0, 0.05) is 44.5 Å². The fourth-order valence-electron chi connectivity index (χ4n) is 2.82. The standard InChI is InChI=1S/C21H25N5O2/c1-26(19-6-3-4-11-22-19)13-5-12-23-21-24-15-17(20(27)25-21)14-16-7-9-18(28-2)10-8-16/h3-4,6-11,15H,5,12-14H2,1-2H3,(H2,23,24,25,27). The van der Waals surface area contributed by atoms with Gasteiger partial charge in [0.25, 0.3) is 5.56 Å². The van der Waals surface area contributed by atoms with Crippen LogP contribution in [0.5, 0.6) is 5.75 Å². The number of hydrogen-bond donors (Lipinski definition) is 2. The number of benzene rings is 1. The summed E-state index contributed by atoms with van der Waals surface area (Å²) in [5.41, 5.74) is 1.54. The molecule has 0 saturated heterocycles. The smallest absolute Gasteiger partial charge is 0.255 e. The molecule has 28 heavy (non-hydrogen) atoms. The highest BCUT2D eigenvalue weighted by molar-refractivity contribution is 5.36. The number of aromatic amines is 1. The molecule has 7 nitrogen and oxygen atoms in total. The normalized spacial score (nSPS) is 10.5. The van der Waals surface area contributed by atoms with Gasteiger partial charge < -0.3 is 15.0 Å². The highest BCUT2D eigenvalue weighted by Gasteiger charge is 2.05. The van der Waals surface area contributed by atoms with Gasteiger partial charge in [0.2, 0.25) is 5.95 Å². The third-order valence-electron chi connectivity index (χ3n) is 4.43. The zero-order valence-electron chi connectivity index (χ0n) is 16.2. The Labute approximate surface area is 164 Å². The third kappa shape index (κ3) is 5.33. The Morgan fingerprint density at radius 2 is 1.96 bits per heavy atom. The van der Waals surface area contributed by atoms with Gasteiger partial charge in [-0.15, -0.1) is 0 Å². The largest absolute Gasteiger partial charge is 0.497 e. The maximum Gasteiger partial charge on any atom is 0.255 e. The number of hydrogen-bond acceptors (Lipinski definition) is 6. The first-order valence-corrected chi connectivity index (χ1v) is 9.23. The van der Waals surface area contributed by atoms with Gasteiger partial charge in [0.1, 0.15) is 11.6 Å². The first-order chi connectivity index (χ1) is 13.7. The third-order valence-corrected chi connectivity index (χ3v) is 4.43. The second-order valence-electron chi connectivity index (χ2n) is 6.50. The van der Waals surface area contributed by atoms with Crippen molar-refractivity contribution in [2.45, 2.75) is 12.8 Å². The van der Waals surface area contributed by atoms with Crippen LogP contribution in [0.15, 0.2) is 59.7 Å². The van der Waals surface area contributed by atoms with Crippen LogP contribution in [0.4, 0.5) is 11.8 Å². The number of ether oxygens (including phenoxy) is 1. The summed E-state index contributed by atoms with van der Waals surface area (Å²) in [5, 5.41) is 3.17. The van der Waals surface area contributed by atoms with Crippen molar-refractivity contribution >= 4 is 11.8 Å². The minimum absolute atomic E-state index is 0.126. The molecule has 2 heterocycles. The van der Waals surface area contributed by atoms with Crippen LogP contribution in [0, 0.1) is 0 Å². The lowest BCUT2D eigenvalue weighted by molar-refractivity contribution is 0.414. The summed E-state index contributed by atoms with van der Waals surface area (Å²) in [7, 11) is 3.64. The van der Waals surface area contributed by atoms with Crippen molar-refractivity contribution < 1.29 is 4.74 Å². The Balaban J connectivity index is 1.49. The lowest BCUT2D eigenvalue weighted by atomic mass is 10.1. The molecular weight excluding hydrogens is 354 g/mol. The highest BCUT2D eigenvalue weighted by atomic mass is 16.5. The number of anilines is 2. The Morgan fingerprint density at radius 3 is 2.64 bits per heavy atom. The van der Waals surface area contributed by atoms with E-state index in [1.807, 2.05) is 49.5 Å². The molecule has 0 fully saturated rings. The molecule has 1 aromatic carbocycles. The summed E-state index contributed by atoms with van der Waals surface area (Å²) < 4.78 is 5.15. The first kappa shape index (κ1) is 19.4. The van der Waals surface area contributed by atoms with E-state index in [9.17, 15) is 4.79 Å². The maximum atomic E-state index is 12.3. The molecule has 0 aliphatic carbocycles. The van der Waals surface area contributed by atoms with Gasteiger partial charge >= 0.3 is 0 Å². The van der Waals surface area contributed by atoms with E-state index in [-0.39, 0.29) is 5.56 Å². The van der Waals surface area contributed by atoms with E-state index in [0.29, 0.717) is 24.5 Å². The minimum atomic E-state index is -0.126. The molecule has 0 spiro atoms.